The first-order chi connectivity index (χ1) is 8.06. The largest absolute Gasteiger partial charge is 0.409 e. The van der Waals surface area contributed by atoms with E-state index >= 15 is 0 Å². The van der Waals surface area contributed by atoms with Crippen LogP contribution in [0.25, 0.3) is 0 Å². The molecule has 0 amide bonds. The van der Waals surface area contributed by atoms with E-state index in [1.54, 1.807) is 0 Å². The van der Waals surface area contributed by atoms with Gasteiger partial charge in [0.25, 0.3) is 0 Å². The molecule has 0 heterocycles. The van der Waals surface area contributed by atoms with Crippen LogP contribution in [0.1, 0.15) is 19.8 Å². The normalized spacial score (nSPS) is 13.5. The number of hydrogen-bond acceptors (Lipinski definition) is 3. The van der Waals surface area contributed by atoms with E-state index in [0.717, 1.165) is 12.1 Å². The molecule has 0 saturated heterocycles. The summed E-state index contributed by atoms with van der Waals surface area (Å²) < 4.78 is 25.7. The quantitative estimate of drug-likeness (QED) is 0.321. The van der Waals surface area contributed by atoms with Gasteiger partial charge in [0, 0.05) is 24.2 Å². The monoisotopic (exact) mass is 243 g/mol. The van der Waals surface area contributed by atoms with Crippen molar-refractivity contribution in [1.82, 2.24) is 0 Å². The van der Waals surface area contributed by atoms with E-state index in [-0.39, 0.29) is 11.9 Å². The van der Waals surface area contributed by atoms with Crippen molar-refractivity contribution in [1.29, 1.82) is 0 Å². The second-order valence-electron chi connectivity index (χ2n) is 3.67. The van der Waals surface area contributed by atoms with Crippen LogP contribution in [0.15, 0.2) is 23.4 Å². The van der Waals surface area contributed by atoms with Crippen molar-refractivity contribution >= 4 is 11.5 Å². The Morgan fingerprint density at radius 2 is 2.18 bits per heavy atom. The lowest BCUT2D eigenvalue weighted by atomic mass is 10.1. The average Bonchev–Trinajstić information content (AvgIpc) is 2.32. The van der Waals surface area contributed by atoms with Crippen molar-refractivity contribution in [2.75, 3.05) is 5.32 Å². The summed E-state index contributed by atoms with van der Waals surface area (Å²) in [5.74, 6) is -1.71. The highest BCUT2D eigenvalue weighted by Gasteiger charge is 2.10. The fraction of sp³-hybridized carbons (Fsp3) is 0.364. The van der Waals surface area contributed by atoms with E-state index in [9.17, 15) is 8.78 Å². The lowest BCUT2D eigenvalue weighted by Gasteiger charge is -2.17. The second-order valence-corrected chi connectivity index (χ2v) is 3.67. The summed E-state index contributed by atoms with van der Waals surface area (Å²) >= 11 is 0. The number of nitrogens with zero attached hydrogens (tertiary/aromatic N) is 1. The van der Waals surface area contributed by atoms with E-state index in [4.69, 9.17) is 10.9 Å². The molecule has 1 rings (SSSR count). The molecule has 0 aromatic heterocycles. The van der Waals surface area contributed by atoms with Gasteiger partial charge in [-0.3, -0.25) is 0 Å². The van der Waals surface area contributed by atoms with Gasteiger partial charge in [0.2, 0.25) is 0 Å². The topological polar surface area (TPSA) is 70.6 Å². The SMILES string of the molecule is CCC(C/C(N)=N/O)Nc1ccc(F)c(F)c1. The maximum atomic E-state index is 13.0. The number of oxime groups is 1. The first kappa shape index (κ1) is 13.2. The van der Waals surface area contributed by atoms with E-state index in [1.807, 2.05) is 6.92 Å². The summed E-state index contributed by atoms with van der Waals surface area (Å²) in [4.78, 5) is 0. The Balaban J connectivity index is 2.70. The van der Waals surface area contributed by atoms with Crippen LogP contribution in [-0.4, -0.2) is 17.1 Å². The molecule has 0 aliphatic rings. The Morgan fingerprint density at radius 3 is 2.71 bits per heavy atom. The molecule has 94 valence electrons. The zero-order chi connectivity index (χ0) is 12.8. The van der Waals surface area contributed by atoms with E-state index in [2.05, 4.69) is 10.5 Å². The molecule has 4 N–H and O–H groups in total. The number of nitrogens with one attached hydrogen (secondary N) is 1. The lowest BCUT2D eigenvalue weighted by Crippen LogP contribution is -2.26. The first-order valence-electron chi connectivity index (χ1n) is 5.24. The maximum absolute atomic E-state index is 13.0. The van der Waals surface area contributed by atoms with Crippen molar-refractivity contribution < 1.29 is 14.0 Å². The van der Waals surface area contributed by atoms with Crippen LogP contribution in [0.5, 0.6) is 0 Å². The third kappa shape index (κ3) is 3.90. The molecule has 1 aromatic rings. The summed E-state index contributed by atoms with van der Waals surface area (Å²) in [6.07, 6.45) is 1.03. The van der Waals surface area contributed by atoms with Crippen molar-refractivity contribution in [3.05, 3.63) is 29.8 Å². The molecular formula is C11H15F2N3O. The minimum absolute atomic E-state index is 0.0898. The van der Waals surface area contributed by atoms with Gasteiger partial charge < -0.3 is 16.3 Å². The van der Waals surface area contributed by atoms with Gasteiger partial charge in [-0.05, 0) is 18.6 Å². The fourth-order valence-electron chi connectivity index (χ4n) is 1.41. The molecule has 0 fully saturated rings. The van der Waals surface area contributed by atoms with E-state index < -0.39 is 11.6 Å². The van der Waals surface area contributed by atoms with Gasteiger partial charge in [0.15, 0.2) is 11.6 Å². The molecule has 17 heavy (non-hydrogen) atoms. The van der Waals surface area contributed by atoms with Crippen LogP contribution in [0, 0.1) is 11.6 Å². The molecule has 0 aliphatic heterocycles. The number of hydrogen-bond donors (Lipinski definition) is 3. The molecule has 0 radical (unpaired) electrons. The minimum Gasteiger partial charge on any atom is -0.409 e. The Bertz CT molecular complexity index is 410. The summed E-state index contributed by atoms with van der Waals surface area (Å²) in [5, 5.41) is 14.3. The van der Waals surface area contributed by atoms with Crippen molar-refractivity contribution in [2.45, 2.75) is 25.8 Å². The smallest absolute Gasteiger partial charge is 0.160 e. The first-order valence-corrected chi connectivity index (χ1v) is 5.24. The van der Waals surface area contributed by atoms with Crippen LogP contribution in [0.4, 0.5) is 14.5 Å². The number of benzene rings is 1. The van der Waals surface area contributed by atoms with Gasteiger partial charge in [-0.25, -0.2) is 8.78 Å². The molecular weight excluding hydrogens is 228 g/mol. The lowest BCUT2D eigenvalue weighted by molar-refractivity contribution is 0.316. The minimum atomic E-state index is -0.909. The second kappa shape index (κ2) is 6.03. The van der Waals surface area contributed by atoms with Crippen LogP contribution in [0.3, 0.4) is 0 Å². The number of anilines is 1. The highest BCUT2D eigenvalue weighted by atomic mass is 19.2. The Hall–Kier alpha value is -1.85. The molecule has 6 heteroatoms. The summed E-state index contributed by atoms with van der Waals surface area (Å²) in [5.41, 5.74) is 5.84. The Labute approximate surface area is 98.1 Å². The number of nitrogens with two attached hydrogens (primary N) is 1. The fourth-order valence-corrected chi connectivity index (χ4v) is 1.41. The van der Waals surface area contributed by atoms with Crippen LogP contribution in [-0.2, 0) is 0 Å². The summed E-state index contributed by atoms with van der Waals surface area (Å²) in [6, 6.07) is 3.46. The molecule has 0 aliphatic carbocycles. The third-order valence-electron chi connectivity index (χ3n) is 2.37. The van der Waals surface area contributed by atoms with Gasteiger partial charge in [-0.1, -0.05) is 12.1 Å². The van der Waals surface area contributed by atoms with Crippen LogP contribution >= 0.6 is 0 Å². The zero-order valence-corrected chi connectivity index (χ0v) is 9.45. The molecule has 1 aromatic carbocycles. The van der Waals surface area contributed by atoms with Crippen molar-refractivity contribution in [3.8, 4) is 0 Å². The summed E-state index contributed by atoms with van der Waals surface area (Å²) in [6.45, 7) is 1.90. The molecule has 0 bridgehead atoms. The maximum Gasteiger partial charge on any atom is 0.160 e. The standard InChI is InChI=1S/C11H15F2N3O/c1-2-7(6-11(14)16-17)15-8-3-4-9(12)10(13)5-8/h3-5,7,15,17H,2,6H2,1H3,(H2,14,16). The predicted molar refractivity (Wildman–Crippen MR) is 62.1 cm³/mol. The molecule has 0 saturated carbocycles. The van der Waals surface area contributed by atoms with Crippen molar-refractivity contribution in [3.63, 3.8) is 0 Å². The zero-order valence-electron chi connectivity index (χ0n) is 9.45. The van der Waals surface area contributed by atoms with Gasteiger partial charge >= 0.3 is 0 Å². The van der Waals surface area contributed by atoms with Gasteiger partial charge in [-0.15, -0.1) is 0 Å². The molecule has 1 atom stereocenters. The van der Waals surface area contributed by atoms with Crippen LogP contribution in [0.2, 0.25) is 0 Å². The number of amidine groups is 1. The highest BCUT2D eigenvalue weighted by molar-refractivity contribution is 5.80. The van der Waals surface area contributed by atoms with Gasteiger partial charge in [0.05, 0.1) is 0 Å². The van der Waals surface area contributed by atoms with Gasteiger partial charge in [0.1, 0.15) is 5.84 Å². The number of halogens is 2. The predicted octanol–water partition coefficient (Wildman–Crippen LogP) is 2.29. The Morgan fingerprint density at radius 1 is 1.47 bits per heavy atom. The Kier molecular flexibility index (Phi) is 4.68. The van der Waals surface area contributed by atoms with Crippen LogP contribution < -0.4 is 11.1 Å². The third-order valence-corrected chi connectivity index (χ3v) is 2.37. The van der Waals surface area contributed by atoms with Crippen molar-refractivity contribution in [2.24, 2.45) is 10.9 Å². The average molecular weight is 243 g/mol. The van der Waals surface area contributed by atoms with E-state index in [1.165, 1.54) is 6.07 Å². The molecule has 0 spiro atoms. The highest BCUT2D eigenvalue weighted by Crippen LogP contribution is 2.15. The van der Waals surface area contributed by atoms with E-state index in [0.29, 0.717) is 18.5 Å². The van der Waals surface area contributed by atoms with Gasteiger partial charge in [-0.2, -0.15) is 0 Å². The summed E-state index contributed by atoms with van der Waals surface area (Å²) in [7, 11) is 0. The molecule has 4 nitrogen and oxygen atoms in total. The molecule has 1 unspecified atom stereocenters. The number of rotatable bonds is 5.